The molecule has 3 aromatic rings. The highest BCUT2D eigenvalue weighted by Crippen LogP contribution is 2.54. The fourth-order valence-corrected chi connectivity index (χ4v) is 4.80. The molecule has 0 saturated carbocycles. The van der Waals surface area contributed by atoms with Crippen LogP contribution in [0.2, 0.25) is 0 Å². The van der Waals surface area contributed by atoms with Crippen molar-refractivity contribution in [3.8, 4) is 11.5 Å². The fraction of sp³-hybridized carbons (Fsp3) is 0.310. The molecule has 1 aliphatic heterocycles. The van der Waals surface area contributed by atoms with E-state index >= 15 is 0 Å². The number of aryl methyl sites for hydroxylation is 1. The first-order valence-electron chi connectivity index (χ1n) is 12.3. The van der Waals surface area contributed by atoms with Crippen molar-refractivity contribution in [3.63, 3.8) is 0 Å². The average molecular weight is 520 g/mol. The molecule has 0 radical (unpaired) electrons. The molecule has 9 nitrogen and oxygen atoms in total. The fourth-order valence-electron chi connectivity index (χ4n) is 4.80. The summed E-state index contributed by atoms with van der Waals surface area (Å²) in [4.78, 5) is 52.2. The summed E-state index contributed by atoms with van der Waals surface area (Å²) >= 11 is 0. The van der Waals surface area contributed by atoms with E-state index in [2.05, 4.69) is 5.32 Å². The first kappa shape index (κ1) is 26.8. The Balaban J connectivity index is 2.23. The molecule has 0 amide bonds. The van der Waals surface area contributed by atoms with Crippen LogP contribution in [0.4, 0.5) is 0 Å². The molecule has 4 rings (SSSR count). The van der Waals surface area contributed by atoms with Crippen molar-refractivity contribution in [1.29, 1.82) is 0 Å². The highest BCUT2D eigenvalue weighted by Gasteiger charge is 2.61. The number of fused-ring (bicyclic) bond motifs is 2. The topological polar surface area (TPSA) is 117 Å². The highest BCUT2D eigenvalue weighted by molar-refractivity contribution is 6.11. The van der Waals surface area contributed by atoms with E-state index in [9.17, 15) is 19.2 Å². The summed E-state index contributed by atoms with van der Waals surface area (Å²) in [5, 5.41) is 3.97. The maximum atomic E-state index is 13.8. The molecule has 1 heterocycles. The van der Waals surface area contributed by atoms with E-state index in [4.69, 9.17) is 18.9 Å². The molecule has 0 fully saturated rings. The number of ether oxygens (including phenoxy) is 4. The Labute approximate surface area is 220 Å². The van der Waals surface area contributed by atoms with E-state index in [-0.39, 0.29) is 30.3 Å². The molecule has 1 aliphatic rings. The molecular weight excluding hydrogens is 490 g/mol. The molecule has 0 unspecified atom stereocenters. The zero-order chi connectivity index (χ0) is 27.6. The van der Waals surface area contributed by atoms with Crippen molar-refractivity contribution >= 4 is 34.6 Å². The van der Waals surface area contributed by atoms with Gasteiger partial charge in [0.1, 0.15) is 11.5 Å². The van der Waals surface area contributed by atoms with Crippen molar-refractivity contribution in [2.75, 3.05) is 13.2 Å². The first-order chi connectivity index (χ1) is 18.1. The van der Waals surface area contributed by atoms with Gasteiger partial charge >= 0.3 is 23.9 Å². The Morgan fingerprint density at radius 2 is 1.29 bits per heavy atom. The summed E-state index contributed by atoms with van der Waals surface area (Å²) in [7, 11) is 0. The molecule has 198 valence electrons. The minimum absolute atomic E-state index is 0.00475. The van der Waals surface area contributed by atoms with E-state index in [0.29, 0.717) is 21.9 Å². The third-order valence-electron chi connectivity index (χ3n) is 6.25. The zero-order valence-corrected chi connectivity index (χ0v) is 21.9. The van der Waals surface area contributed by atoms with Gasteiger partial charge in [0.15, 0.2) is 0 Å². The van der Waals surface area contributed by atoms with Gasteiger partial charge in [-0.15, -0.1) is 0 Å². The summed E-state index contributed by atoms with van der Waals surface area (Å²) in [5.41, 5.74) is -0.260. The van der Waals surface area contributed by atoms with E-state index < -0.39 is 35.5 Å². The number of hydrogen-bond donors (Lipinski definition) is 1. The van der Waals surface area contributed by atoms with Crippen LogP contribution in [0.25, 0.3) is 10.8 Å². The number of hydrogen-bond acceptors (Lipinski definition) is 9. The van der Waals surface area contributed by atoms with Crippen LogP contribution in [0.3, 0.4) is 0 Å². The number of carbonyl (C=O) groups is 4. The summed E-state index contributed by atoms with van der Waals surface area (Å²) in [6.45, 7) is 7.58. The summed E-state index contributed by atoms with van der Waals surface area (Å²) < 4.78 is 22.3. The van der Waals surface area contributed by atoms with Crippen LogP contribution in [0, 0.1) is 6.92 Å². The second kappa shape index (κ2) is 10.6. The molecule has 0 aromatic heterocycles. The van der Waals surface area contributed by atoms with Crippen LogP contribution < -0.4 is 14.8 Å². The highest BCUT2D eigenvalue weighted by atomic mass is 16.6. The quantitative estimate of drug-likeness (QED) is 0.281. The maximum absolute atomic E-state index is 13.8. The molecule has 0 bridgehead atoms. The van der Waals surface area contributed by atoms with E-state index in [1.54, 1.807) is 38.1 Å². The number of esters is 4. The van der Waals surface area contributed by atoms with E-state index in [1.807, 2.05) is 31.2 Å². The van der Waals surface area contributed by atoms with Crippen LogP contribution in [0.5, 0.6) is 11.5 Å². The zero-order valence-electron chi connectivity index (χ0n) is 21.9. The number of nitrogens with one attached hydrogen (secondary N) is 1. The summed E-state index contributed by atoms with van der Waals surface area (Å²) in [5.74, 6) is -3.05. The Morgan fingerprint density at radius 3 is 1.79 bits per heavy atom. The van der Waals surface area contributed by atoms with Gasteiger partial charge in [0.25, 0.3) is 0 Å². The minimum atomic E-state index is -2.22. The van der Waals surface area contributed by atoms with Gasteiger partial charge in [-0.3, -0.25) is 14.9 Å². The normalized spacial score (nSPS) is 15.4. The van der Waals surface area contributed by atoms with Crippen LogP contribution >= 0.6 is 0 Å². The summed E-state index contributed by atoms with van der Waals surface area (Å²) in [6.07, 6.45) is 0. The number of benzene rings is 3. The Morgan fingerprint density at radius 1 is 0.789 bits per heavy atom. The molecule has 38 heavy (non-hydrogen) atoms. The van der Waals surface area contributed by atoms with Crippen molar-refractivity contribution in [1.82, 2.24) is 5.32 Å². The average Bonchev–Trinajstić information content (AvgIpc) is 3.24. The monoisotopic (exact) mass is 519 g/mol. The standard InChI is InChI=1S/C29H29NO8/c1-6-35-27(33)29(28(34)36-7-2)23-22(24(30-29)19-14-12-16(3)13-15-19)25(37-17(4)31)20-10-8-9-11-21(20)26(23)38-18(5)32/h8-15,24,30H,6-7H2,1-5H3/t24-/m1/s1. The lowest BCUT2D eigenvalue weighted by Crippen LogP contribution is -2.54. The SMILES string of the molecule is CCOC(=O)C1(C(=O)OCC)N[C@H](c2ccc(C)cc2)c2c1c(OC(C)=O)c1ccccc1c2OC(C)=O. The molecule has 1 atom stereocenters. The third-order valence-corrected chi connectivity index (χ3v) is 6.25. The van der Waals surface area contributed by atoms with Crippen LogP contribution in [-0.2, 0) is 34.2 Å². The largest absolute Gasteiger partial charge is 0.464 e. The molecule has 0 aliphatic carbocycles. The molecule has 1 N–H and O–H groups in total. The molecule has 9 heteroatoms. The Hall–Kier alpha value is -4.24. The number of carbonyl (C=O) groups excluding carboxylic acids is 4. The Bertz CT molecular complexity index is 1410. The Kier molecular flexibility index (Phi) is 7.50. The molecule has 0 saturated heterocycles. The van der Waals surface area contributed by atoms with Gasteiger partial charge in [-0.05, 0) is 26.3 Å². The maximum Gasteiger partial charge on any atom is 0.343 e. The molecule has 3 aromatic carbocycles. The van der Waals surface area contributed by atoms with Crippen LogP contribution in [-0.4, -0.2) is 37.1 Å². The van der Waals surface area contributed by atoms with Gasteiger partial charge in [0.2, 0.25) is 5.54 Å². The van der Waals surface area contributed by atoms with E-state index in [0.717, 1.165) is 5.56 Å². The second-order valence-corrected chi connectivity index (χ2v) is 8.86. The van der Waals surface area contributed by atoms with Crippen LogP contribution in [0.15, 0.2) is 48.5 Å². The predicted molar refractivity (Wildman–Crippen MR) is 138 cm³/mol. The van der Waals surface area contributed by atoms with E-state index in [1.165, 1.54) is 13.8 Å². The second-order valence-electron chi connectivity index (χ2n) is 8.86. The van der Waals surface area contributed by atoms with Gasteiger partial charge in [0, 0.05) is 35.7 Å². The smallest absolute Gasteiger partial charge is 0.343 e. The lowest BCUT2D eigenvalue weighted by molar-refractivity contribution is -0.167. The molecular formula is C29H29NO8. The third kappa shape index (κ3) is 4.50. The molecule has 0 spiro atoms. The van der Waals surface area contributed by atoms with Crippen molar-refractivity contribution in [2.45, 2.75) is 46.2 Å². The van der Waals surface area contributed by atoms with Crippen molar-refractivity contribution in [2.24, 2.45) is 0 Å². The first-order valence-corrected chi connectivity index (χ1v) is 12.3. The van der Waals surface area contributed by atoms with Gasteiger partial charge < -0.3 is 18.9 Å². The lowest BCUT2D eigenvalue weighted by atomic mass is 9.85. The summed E-state index contributed by atoms with van der Waals surface area (Å²) in [6, 6.07) is 13.4. The van der Waals surface area contributed by atoms with Gasteiger partial charge in [-0.2, -0.15) is 0 Å². The predicted octanol–water partition coefficient (Wildman–Crippen LogP) is 4.01. The van der Waals surface area contributed by atoms with Gasteiger partial charge in [-0.25, -0.2) is 9.59 Å². The lowest BCUT2D eigenvalue weighted by Gasteiger charge is -2.28. The van der Waals surface area contributed by atoms with Crippen LogP contribution in [0.1, 0.15) is 56.0 Å². The number of rotatable bonds is 7. The van der Waals surface area contributed by atoms with Crippen molar-refractivity contribution in [3.05, 3.63) is 70.8 Å². The van der Waals surface area contributed by atoms with Crippen molar-refractivity contribution < 1.29 is 38.1 Å². The van der Waals surface area contributed by atoms with Gasteiger partial charge in [0.05, 0.1) is 19.3 Å². The van der Waals surface area contributed by atoms with Gasteiger partial charge in [-0.1, -0.05) is 54.1 Å². The minimum Gasteiger partial charge on any atom is -0.464 e.